The Hall–Kier alpha value is -3.38. The van der Waals surface area contributed by atoms with Crippen LogP contribution in [-0.4, -0.2) is 25.5 Å². The molecule has 1 amide bonds. The molecule has 140 valence electrons. The van der Waals surface area contributed by atoms with Gasteiger partial charge in [-0.15, -0.1) is 5.10 Å². The molecule has 2 aromatic heterocycles. The first-order valence-electron chi connectivity index (χ1n) is 8.80. The van der Waals surface area contributed by atoms with Crippen molar-refractivity contribution in [2.45, 2.75) is 13.5 Å². The lowest BCUT2D eigenvalue weighted by atomic mass is 10.1. The molecule has 0 aliphatic rings. The van der Waals surface area contributed by atoms with Gasteiger partial charge in [-0.2, -0.15) is 0 Å². The number of aryl methyl sites for hydroxylation is 1. The maximum absolute atomic E-state index is 12.9. The molecule has 2 heterocycles. The zero-order valence-corrected chi connectivity index (χ0v) is 16.0. The van der Waals surface area contributed by atoms with Gasteiger partial charge >= 0.3 is 0 Å². The monoisotopic (exact) mass is 391 g/mol. The van der Waals surface area contributed by atoms with Gasteiger partial charge in [-0.25, -0.2) is 4.68 Å². The number of nitrogens with one attached hydrogen (secondary N) is 1. The van der Waals surface area contributed by atoms with Gasteiger partial charge in [0.1, 0.15) is 0 Å². The summed E-state index contributed by atoms with van der Waals surface area (Å²) in [5.41, 5.74) is 3.01. The van der Waals surface area contributed by atoms with Crippen molar-refractivity contribution in [2.24, 2.45) is 0 Å². The molecule has 1 N–H and O–H groups in total. The van der Waals surface area contributed by atoms with E-state index in [1.54, 1.807) is 22.9 Å². The molecule has 0 saturated carbocycles. The van der Waals surface area contributed by atoms with Gasteiger partial charge in [0, 0.05) is 12.4 Å². The third-order valence-electron chi connectivity index (χ3n) is 4.35. The number of benzene rings is 2. The summed E-state index contributed by atoms with van der Waals surface area (Å²) in [4.78, 5) is 12.9. The van der Waals surface area contributed by atoms with E-state index in [-0.39, 0.29) is 11.6 Å². The third-order valence-corrected chi connectivity index (χ3v) is 4.68. The number of nitrogens with zero attached hydrogens (tertiary/aromatic N) is 4. The van der Waals surface area contributed by atoms with E-state index < -0.39 is 0 Å². The average Bonchev–Trinajstić information content (AvgIpc) is 3.35. The number of hydrogen-bond acceptors (Lipinski definition) is 3. The van der Waals surface area contributed by atoms with Gasteiger partial charge in [-0.05, 0) is 36.8 Å². The number of aromatic nitrogens is 4. The Balaban J connectivity index is 1.69. The maximum Gasteiger partial charge on any atom is 0.280 e. The van der Waals surface area contributed by atoms with Crippen molar-refractivity contribution < 1.29 is 4.79 Å². The summed E-state index contributed by atoms with van der Waals surface area (Å²) in [5.74, 6) is 0.224. The van der Waals surface area contributed by atoms with Crippen LogP contribution in [0.4, 0.5) is 5.69 Å². The van der Waals surface area contributed by atoms with Crippen molar-refractivity contribution in [3.63, 3.8) is 0 Å². The van der Waals surface area contributed by atoms with Crippen molar-refractivity contribution >= 4 is 23.2 Å². The molecule has 7 heteroatoms. The average molecular weight is 392 g/mol. The number of rotatable bonds is 5. The molecule has 0 saturated heterocycles. The lowest BCUT2D eigenvalue weighted by molar-refractivity contribution is 0.102. The standard InChI is InChI=1S/C21H18ClN5O/c1-15-8-10-16(11-9-15)14-27-21(26-12-4-5-13-26)19(24-25-27)20(28)23-18-7-3-2-6-17(18)22/h2-13H,14H2,1H3,(H,23,28). The molecule has 0 spiro atoms. The maximum atomic E-state index is 12.9. The first-order chi connectivity index (χ1) is 13.6. The summed E-state index contributed by atoms with van der Waals surface area (Å²) < 4.78 is 3.54. The molecule has 4 aromatic rings. The summed E-state index contributed by atoms with van der Waals surface area (Å²) in [6, 6.07) is 19.0. The number of amides is 1. The van der Waals surface area contributed by atoms with Gasteiger partial charge < -0.3 is 9.88 Å². The number of halogens is 1. The molecule has 4 rings (SSSR count). The summed E-state index contributed by atoms with van der Waals surface area (Å²) in [6.07, 6.45) is 3.72. The van der Waals surface area contributed by atoms with E-state index in [1.165, 1.54) is 5.56 Å². The third kappa shape index (κ3) is 3.68. The quantitative estimate of drug-likeness (QED) is 0.550. The predicted molar refractivity (Wildman–Crippen MR) is 109 cm³/mol. The van der Waals surface area contributed by atoms with Gasteiger partial charge in [0.2, 0.25) is 0 Å². The van der Waals surface area contributed by atoms with E-state index in [1.807, 2.05) is 66.3 Å². The highest BCUT2D eigenvalue weighted by molar-refractivity contribution is 6.33. The second kappa shape index (κ2) is 7.70. The molecule has 2 aromatic carbocycles. The molecule has 0 aliphatic heterocycles. The first-order valence-corrected chi connectivity index (χ1v) is 9.18. The zero-order valence-electron chi connectivity index (χ0n) is 15.2. The molecule has 0 atom stereocenters. The minimum Gasteiger partial charge on any atom is -0.319 e. The Labute approximate surface area is 167 Å². The van der Waals surface area contributed by atoms with E-state index in [2.05, 4.69) is 15.6 Å². The molecule has 0 fully saturated rings. The van der Waals surface area contributed by atoms with Crippen LogP contribution in [0.15, 0.2) is 73.1 Å². The number of hydrogen-bond donors (Lipinski definition) is 1. The highest BCUT2D eigenvalue weighted by Gasteiger charge is 2.22. The fourth-order valence-electron chi connectivity index (χ4n) is 2.90. The summed E-state index contributed by atoms with van der Waals surface area (Å²) in [5, 5.41) is 11.7. The van der Waals surface area contributed by atoms with Crippen molar-refractivity contribution in [1.29, 1.82) is 0 Å². The summed E-state index contributed by atoms with van der Waals surface area (Å²) in [6.45, 7) is 2.54. The van der Waals surface area contributed by atoms with Crippen LogP contribution in [0.2, 0.25) is 5.02 Å². The van der Waals surface area contributed by atoms with Gasteiger partial charge in [0.05, 0.1) is 17.3 Å². The SMILES string of the molecule is Cc1ccc(Cn2nnc(C(=O)Nc3ccccc3Cl)c2-n2cccc2)cc1. The normalized spacial score (nSPS) is 10.8. The molecular weight excluding hydrogens is 374 g/mol. The Morgan fingerprint density at radius 2 is 1.75 bits per heavy atom. The van der Waals surface area contributed by atoms with Gasteiger partial charge in [-0.1, -0.05) is 58.8 Å². The first kappa shape index (κ1) is 18.0. The zero-order chi connectivity index (χ0) is 19.5. The van der Waals surface area contributed by atoms with Crippen LogP contribution in [-0.2, 0) is 6.54 Å². The predicted octanol–water partition coefficient (Wildman–Crippen LogP) is 4.33. The highest BCUT2D eigenvalue weighted by Crippen LogP contribution is 2.22. The van der Waals surface area contributed by atoms with Gasteiger partial charge in [0.15, 0.2) is 11.5 Å². The van der Waals surface area contributed by atoms with Crippen molar-refractivity contribution in [1.82, 2.24) is 19.6 Å². The van der Waals surface area contributed by atoms with Crippen LogP contribution in [0.5, 0.6) is 0 Å². The second-order valence-electron chi connectivity index (χ2n) is 6.43. The molecule has 0 bridgehead atoms. The van der Waals surface area contributed by atoms with Crippen molar-refractivity contribution in [2.75, 3.05) is 5.32 Å². The molecule has 6 nitrogen and oxygen atoms in total. The fraction of sp³-hybridized carbons (Fsp3) is 0.0952. The van der Waals surface area contributed by atoms with Crippen LogP contribution in [0.25, 0.3) is 5.82 Å². The van der Waals surface area contributed by atoms with Crippen LogP contribution in [0, 0.1) is 6.92 Å². The second-order valence-corrected chi connectivity index (χ2v) is 6.84. The molecule has 0 radical (unpaired) electrons. The number of anilines is 1. The van der Waals surface area contributed by atoms with E-state index >= 15 is 0 Å². The molecule has 0 unspecified atom stereocenters. The van der Waals surface area contributed by atoms with Crippen LogP contribution in [0.1, 0.15) is 21.6 Å². The number of carbonyl (C=O) groups excluding carboxylic acids is 1. The topological polar surface area (TPSA) is 64.7 Å². The number of carbonyl (C=O) groups is 1. The van der Waals surface area contributed by atoms with Crippen LogP contribution in [0.3, 0.4) is 0 Å². The van der Waals surface area contributed by atoms with E-state index in [0.717, 1.165) is 5.56 Å². The Morgan fingerprint density at radius 1 is 1.04 bits per heavy atom. The Bertz CT molecular complexity index is 1100. The van der Waals surface area contributed by atoms with Gasteiger partial charge in [0.25, 0.3) is 5.91 Å². The smallest absolute Gasteiger partial charge is 0.280 e. The molecule has 28 heavy (non-hydrogen) atoms. The Morgan fingerprint density at radius 3 is 2.46 bits per heavy atom. The summed E-state index contributed by atoms with van der Waals surface area (Å²) in [7, 11) is 0. The van der Waals surface area contributed by atoms with Crippen molar-refractivity contribution in [3.05, 3.63) is 94.9 Å². The minimum atomic E-state index is -0.369. The minimum absolute atomic E-state index is 0.225. The number of para-hydroxylation sites is 1. The van der Waals surface area contributed by atoms with E-state index in [9.17, 15) is 4.79 Å². The fourth-order valence-corrected chi connectivity index (χ4v) is 3.09. The summed E-state index contributed by atoms with van der Waals surface area (Å²) >= 11 is 6.16. The van der Waals surface area contributed by atoms with E-state index in [0.29, 0.717) is 23.1 Å². The van der Waals surface area contributed by atoms with Crippen molar-refractivity contribution in [3.8, 4) is 5.82 Å². The highest BCUT2D eigenvalue weighted by atomic mass is 35.5. The Kier molecular flexibility index (Phi) is 4.95. The largest absolute Gasteiger partial charge is 0.319 e. The van der Waals surface area contributed by atoms with Crippen LogP contribution < -0.4 is 5.32 Å². The van der Waals surface area contributed by atoms with Gasteiger partial charge in [-0.3, -0.25) is 4.79 Å². The molecule has 0 aliphatic carbocycles. The van der Waals surface area contributed by atoms with Crippen LogP contribution >= 0.6 is 11.6 Å². The lowest BCUT2D eigenvalue weighted by Gasteiger charge is -2.10. The lowest BCUT2D eigenvalue weighted by Crippen LogP contribution is -2.17. The van der Waals surface area contributed by atoms with E-state index in [4.69, 9.17) is 11.6 Å². The molecular formula is C21H18ClN5O.